The van der Waals surface area contributed by atoms with Crippen molar-refractivity contribution >= 4 is 17.5 Å². The molecular weight excluding hydrogens is 262 g/mol. The van der Waals surface area contributed by atoms with Crippen LogP contribution in [-0.4, -0.2) is 24.4 Å². The zero-order valence-corrected chi connectivity index (χ0v) is 12.7. The number of hydrogen-bond donors (Lipinski definition) is 2. The van der Waals surface area contributed by atoms with Gasteiger partial charge in [0.25, 0.3) is 0 Å². The molecule has 1 amide bonds. The maximum atomic E-state index is 11.7. The highest BCUT2D eigenvalue weighted by Gasteiger charge is 2.30. The fourth-order valence-corrected chi connectivity index (χ4v) is 2.15. The topological polar surface area (TPSA) is 58.4 Å². The van der Waals surface area contributed by atoms with Crippen LogP contribution in [0.1, 0.15) is 32.4 Å². The fraction of sp³-hybridized carbons (Fsp3) is 0.500. The van der Waals surface area contributed by atoms with E-state index in [9.17, 15) is 4.79 Å². The smallest absolute Gasteiger partial charge is 0.240 e. The number of hydrazine groups is 1. The fourth-order valence-electron chi connectivity index (χ4n) is 2.02. The van der Waals surface area contributed by atoms with Crippen LogP contribution in [0.15, 0.2) is 24.3 Å². The van der Waals surface area contributed by atoms with Gasteiger partial charge in [-0.2, -0.15) is 0 Å². The van der Waals surface area contributed by atoms with Crippen molar-refractivity contribution in [3.63, 3.8) is 0 Å². The van der Waals surface area contributed by atoms with Crippen molar-refractivity contribution < 1.29 is 4.79 Å². The third kappa shape index (κ3) is 4.20. The minimum Gasteiger partial charge on any atom is -0.299 e. The van der Waals surface area contributed by atoms with Crippen LogP contribution in [0, 0.1) is 5.41 Å². The molecule has 4 nitrogen and oxygen atoms in total. The Morgan fingerprint density at radius 3 is 2.42 bits per heavy atom. The number of nitrogens with one attached hydrogen (secondary N) is 1. The average molecular weight is 284 g/mol. The van der Waals surface area contributed by atoms with Gasteiger partial charge in [-0.15, -0.1) is 0 Å². The first-order valence-corrected chi connectivity index (χ1v) is 6.62. The lowest BCUT2D eigenvalue weighted by Crippen LogP contribution is -2.46. The predicted octanol–water partition coefficient (Wildman–Crippen LogP) is 2.35. The predicted molar refractivity (Wildman–Crippen MR) is 78.6 cm³/mol. The molecule has 5 heteroatoms. The Bertz CT molecular complexity index is 431. The molecule has 0 aliphatic heterocycles. The Morgan fingerprint density at radius 2 is 1.95 bits per heavy atom. The van der Waals surface area contributed by atoms with E-state index in [0.29, 0.717) is 6.54 Å². The van der Waals surface area contributed by atoms with E-state index in [1.165, 1.54) is 0 Å². The molecular formula is C14H22ClN3O. The summed E-state index contributed by atoms with van der Waals surface area (Å²) < 4.78 is 0. The van der Waals surface area contributed by atoms with Gasteiger partial charge in [-0.05, 0) is 45.5 Å². The lowest BCUT2D eigenvalue weighted by molar-refractivity contribution is -0.130. The summed E-state index contributed by atoms with van der Waals surface area (Å²) in [7, 11) is 1.99. The number of benzene rings is 1. The van der Waals surface area contributed by atoms with E-state index >= 15 is 0 Å². The molecule has 1 atom stereocenters. The molecule has 0 aromatic heterocycles. The molecule has 0 aliphatic rings. The molecule has 1 aromatic carbocycles. The molecule has 0 fully saturated rings. The molecule has 0 aliphatic carbocycles. The van der Waals surface area contributed by atoms with Gasteiger partial charge in [-0.3, -0.25) is 15.1 Å². The van der Waals surface area contributed by atoms with Gasteiger partial charge in [0.1, 0.15) is 0 Å². The van der Waals surface area contributed by atoms with Gasteiger partial charge in [-0.1, -0.05) is 23.7 Å². The monoisotopic (exact) mass is 283 g/mol. The van der Waals surface area contributed by atoms with Gasteiger partial charge in [0.05, 0.1) is 5.41 Å². The van der Waals surface area contributed by atoms with Gasteiger partial charge < -0.3 is 0 Å². The average Bonchev–Trinajstić information content (AvgIpc) is 2.37. The third-order valence-electron chi connectivity index (χ3n) is 3.40. The van der Waals surface area contributed by atoms with E-state index in [2.05, 4.69) is 17.2 Å². The van der Waals surface area contributed by atoms with Gasteiger partial charge in [0.2, 0.25) is 5.91 Å². The molecule has 0 saturated heterocycles. The normalized spacial score (nSPS) is 13.4. The van der Waals surface area contributed by atoms with Gasteiger partial charge in [0.15, 0.2) is 0 Å². The summed E-state index contributed by atoms with van der Waals surface area (Å²) in [6.07, 6.45) is 0. The zero-order chi connectivity index (χ0) is 14.6. The highest BCUT2D eigenvalue weighted by Crippen LogP contribution is 2.25. The zero-order valence-electron chi connectivity index (χ0n) is 11.9. The van der Waals surface area contributed by atoms with Crippen molar-refractivity contribution in [1.82, 2.24) is 10.3 Å². The van der Waals surface area contributed by atoms with Crippen LogP contribution in [0.5, 0.6) is 0 Å². The molecule has 0 bridgehead atoms. The second-order valence-electron chi connectivity index (χ2n) is 5.50. The first-order chi connectivity index (χ1) is 8.77. The summed E-state index contributed by atoms with van der Waals surface area (Å²) in [5, 5.41) is 0.724. The Morgan fingerprint density at radius 1 is 1.42 bits per heavy atom. The molecule has 1 unspecified atom stereocenters. The van der Waals surface area contributed by atoms with Crippen LogP contribution in [-0.2, 0) is 4.79 Å². The Hall–Kier alpha value is -1.10. The maximum absolute atomic E-state index is 11.7. The number of carbonyl (C=O) groups excluding carboxylic acids is 1. The van der Waals surface area contributed by atoms with Crippen molar-refractivity contribution in [2.24, 2.45) is 11.3 Å². The molecule has 0 radical (unpaired) electrons. The Kier molecular flexibility index (Phi) is 5.35. The second-order valence-corrected chi connectivity index (χ2v) is 5.94. The van der Waals surface area contributed by atoms with E-state index in [4.69, 9.17) is 17.4 Å². The highest BCUT2D eigenvalue weighted by atomic mass is 35.5. The lowest BCUT2D eigenvalue weighted by atomic mass is 9.91. The quantitative estimate of drug-likeness (QED) is 0.495. The summed E-state index contributed by atoms with van der Waals surface area (Å²) in [6.45, 7) is 6.46. The van der Waals surface area contributed by atoms with E-state index in [1.54, 1.807) is 0 Å². The SMILES string of the molecule is CC(c1ccc(Cl)cc1)N(C)CC(C)(C)C(=O)NN. The summed E-state index contributed by atoms with van der Waals surface area (Å²) in [6, 6.07) is 7.94. The number of hydrogen-bond acceptors (Lipinski definition) is 3. The molecule has 0 saturated carbocycles. The number of nitrogens with two attached hydrogens (primary N) is 1. The second kappa shape index (κ2) is 6.37. The number of amides is 1. The van der Waals surface area contributed by atoms with E-state index in [0.717, 1.165) is 10.6 Å². The van der Waals surface area contributed by atoms with Crippen molar-refractivity contribution in [2.45, 2.75) is 26.8 Å². The van der Waals surface area contributed by atoms with Crippen LogP contribution in [0.2, 0.25) is 5.02 Å². The van der Waals surface area contributed by atoms with Crippen LogP contribution in [0.25, 0.3) is 0 Å². The molecule has 0 spiro atoms. The summed E-state index contributed by atoms with van der Waals surface area (Å²) >= 11 is 5.88. The van der Waals surface area contributed by atoms with Gasteiger partial charge in [-0.25, -0.2) is 5.84 Å². The van der Waals surface area contributed by atoms with Gasteiger partial charge in [0, 0.05) is 17.6 Å². The summed E-state index contributed by atoms with van der Waals surface area (Å²) in [4.78, 5) is 13.8. The number of carbonyl (C=O) groups is 1. The standard InChI is InChI=1S/C14H22ClN3O/c1-10(11-5-7-12(15)8-6-11)18(4)9-14(2,3)13(19)17-16/h5-8,10H,9,16H2,1-4H3,(H,17,19). The van der Waals surface area contributed by atoms with E-state index < -0.39 is 5.41 Å². The van der Waals surface area contributed by atoms with Gasteiger partial charge >= 0.3 is 0 Å². The van der Waals surface area contributed by atoms with Crippen LogP contribution in [0.4, 0.5) is 0 Å². The maximum Gasteiger partial charge on any atom is 0.240 e. The number of nitrogens with zero attached hydrogens (tertiary/aromatic N) is 1. The van der Waals surface area contributed by atoms with E-state index in [1.807, 2.05) is 45.2 Å². The first kappa shape index (κ1) is 16.0. The summed E-state index contributed by atoms with van der Waals surface area (Å²) in [5.41, 5.74) is 2.84. The number of halogens is 1. The molecule has 1 rings (SSSR count). The molecule has 1 aromatic rings. The highest BCUT2D eigenvalue weighted by molar-refractivity contribution is 6.30. The largest absolute Gasteiger partial charge is 0.299 e. The molecule has 0 heterocycles. The Balaban J connectivity index is 2.75. The van der Waals surface area contributed by atoms with Crippen LogP contribution in [0.3, 0.4) is 0 Å². The van der Waals surface area contributed by atoms with Crippen molar-refractivity contribution in [3.8, 4) is 0 Å². The molecule has 3 N–H and O–H groups in total. The molecule has 106 valence electrons. The van der Waals surface area contributed by atoms with Crippen LogP contribution >= 0.6 is 11.6 Å². The summed E-state index contributed by atoms with van der Waals surface area (Å²) in [5.74, 6) is 5.04. The minimum absolute atomic E-state index is 0.164. The lowest BCUT2D eigenvalue weighted by Gasteiger charge is -2.32. The van der Waals surface area contributed by atoms with Crippen molar-refractivity contribution in [1.29, 1.82) is 0 Å². The van der Waals surface area contributed by atoms with E-state index in [-0.39, 0.29) is 11.9 Å². The Labute approximate surface area is 119 Å². The van der Waals surface area contributed by atoms with Crippen molar-refractivity contribution in [3.05, 3.63) is 34.9 Å². The third-order valence-corrected chi connectivity index (χ3v) is 3.66. The van der Waals surface area contributed by atoms with Crippen molar-refractivity contribution in [2.75, 3.05) is 13.6 Å². The minimum atomic E-state index is -0.538. The molecule has 19 heavy (non-hydrogen) atoms. The number of rotatable bonds is 5. The first-order valence-electron chi connectivity index (χ1n) is 6.24. The van der Waals surface area contributed by atoms with Crippen LogP contribution < -0.4 is 11.3 Å².